The van der Waals surface area contributed by atoms with Gasteiger partial charge in [0.2, 0.25) is 0 Å². The number of rotatable bonds is 0. The molecule has 0 bridgehead atoms. The van der Waals surface area contributed by atoms with Gasteiger partial charge in [0.25, 0.3) is 0 Å². The van der Waals surface area contributed by atoms with Crippen LogP contribution in [0.1, 0.15) is 79.1 Å². The molecule has 0 amide bonds. The van der Waals surface area contributed by atoms with E-state index in [0.29, 0.717) is 10.8 Å². The molecular weight excluding hydrogens is 280 g/mol. The van der Waals surface area contributed by atoms with Crippen LogP contribution in [0, 0.1) is 40.4 Å². The quantitative estimate of drug-likeness (QED) is 0.578. The lowest BCUT2D eigenvalue weighted by Crippen LogP contribution is -2.52. The van der Waals surface area contributed by atoms with E-state index in [0.717, 1.165) is 36.0 Å². The molecule has 4 saturated carbocycles. The van der Waals surface area contributed by atoms with Gasteiger partial charge < -0.3 is 5.11 Å². The van der Waals surface area contributed by atoms with E-state index in [1.807, 2.05) is 0 Å². The van der Waals surface area contributed by atoms with Crippen LogP contribution in [-0.4, -0.2) is 11.2 Å². The van der Waals surface area contributed by atoms with E-state index in [9.17, 15) is 5.11 Å². The lowest BCUT2D eigenvalue weighted by atomic mass is 9.44. The second kappa shape index (κ2) is 5.35. The van der Waals surface area contributed by atoms with Gasteiger partial charge in [-0.2, -0.15) is 0 Å². The third kappa shape index (κ3) is 2.14. The molecule has 0 aromatic heterocycles. The van der Waals surface area contributed by atoms with Crippen LogP contribution < -0.4 is 0 Å². The lowest BCUT2D eigenvalue weighted by Gasteiger charge is -2.60. The van der Waals surface area contributed by atoms with Gasteiger partial charge in [-0.15, -0.1) is 0 Å². The van der Waals surface area contributed by atoms with Crippen LogP contribution in [-0.2, 0) is 0 Å². The summed E-state index contributed by atoms with van der Waals surface area (Å²) in [6, 6.07) is 0. The Morgan fingerprint density at radius 2 is 1.78 bits per heavy atom. The van der Waals surface area contributed by atoms with E-state index in [4.69, 9.17) is 0 Å². The molecule has 0 radical (unpaired) electrons. The molecule has 0 aromatic carbocycles. The fraction of sp³-hybridized carbons (Fsp3) is 0.909. The maximum atomic E-state index is 10.6. The smallest absolute Gasteiger partial charge is 0.0758 e. The fourth-order valence-corrected chi connectivity index (χ4v) is 7.86. The van der Waals surface area contributed by atoms with Gasteiger partial charge in [0.1, 0.15) is 0 Å². The first-order valence-corrected chi connectivity index (χ1v) is 10.2. The minimum atomic E-state index is -0.161. The number of allylic oxidation sites excluding steroid dienone is 1. The van der Waals surface area contributed by atoms with Crippen LogP contribution in [0.2, 0.25) is 0 Å². The van der Waals surface area contributed by atoms with Crippen molar-refractivity contribution in [1.82, 2.24) is 0 Å². The summed E-state index contributed by atoms with van der Waals surface area (Å²) in [7, 11) is 0. The van der Waals surface area contributed by atoms with Crippen molar-refractivity contribution in [2.75, 3.05) is 0 Å². The average Bonchev–Trinajstić information content (AvgIpc) is 2.77. The Morgan fingerprint density at radius 3 is 2.52 bits per heavy atom. The van der Waals surface area contributed by atoms with E-state index in [1.54, 1.807) is 0 Å². The summed E-state index contributed by atoms with van der Waals surface area (Å²) in [6.07, 6.45) is 13.1. The van der Waals surface area contributed by atoms with E-state index in [2.05, 4.69) is 33.8 Å². The summed E-state index contributed by atoms with van der Waals surface area (Å²) >= 11 is 0. The number of aliphatic hydroxyl groups is 1. The summed E-state index contributed by atoms with van der Waals surface area (Å²) in [6.45, 7) is 9.72. The van der Waals surface area contributed by atoms with Gasteiger partial charge in [-0.05, 0) is 97.9 Å². The molecule has 4 rings (SSSR count). The lowest BCUT2D eigenvalue weighted by molar-refractivity contribution is -0.105. The molecule has 1 N–H and O–H groups in total. The second-order valence-electron chi connectivity index (χ2n) is 9.99. The molecular formula is C22H36O. The standard InChI is InChI=1S/C22H36O/c1-5-17-20(23)13-19-16-7-6-15-12-14(2)8-10-21(15,3)18(16)9-11-22(17,19)4/h5,14-16,18-20,23H,6-13H2,1-4H3/b17-5-/t14?,15?,16?,18?,19?,20?,21-,22+/m0/s1. The van der Waals surface area contributed by atoms with Crippen molar-refractivity contribution in [3.8, 4) is 0 Å². The third-order valence-electron chi connectivity index (χ3n) is 9.12. The van der Waals surface area contributed by atoms with Gasteiger partial charge in [0.05, 0.1) is 6.10 Å². The van der Waals surface area contributed by atoms with Gasteiger partial charge in [-0.3, -0.25) is 0 Å². The average molecular weight is 317 g/mol. The van der Waals surface area contributed by atoms with Crippen molar-refractivity contribution in [2.45, 2.75) is 85.2 Å². The highest BCUT2D eigenvalue weighted by molar-refractivity contribution is 5.27. The highest BCUT2D eigenvalue weighted by Crippen LogP contribution is 2.67. The summed E-state index contributed by atoms with van der Waals surface area (Å²) in [5, 5.41) is 10.6. The first-order valence-electron chi connectivity index (χ1n) is 10.2. The molecule has 130 valence electrons. The zero-order valence-electron chi connectivity index (χ0n) is 15.6. The van der Waals surface area contributed by atoms with Crippen LogP contribution in [0.4, 0.5) is 0 Å². The molecule has 1 heteroatoms. The molecule has 0 aromatic rings. The SMILES string of the molecule is C/C=C1/C(O)CC2C3CCC4CC(C)CC[C@]4(C)C3CC[C@]12C. The van der Waals surface area contributed by atoms with Gasteiger partial charge in [-0.25, -0.2) is 0 Å². The Morgan fingerprint density at radius 1 is 1.00 bits per heavy atom. The van der Waals surface area contributed by atoms with Gasteiger partial charge in [0.15, 0.2) is 0 Å². The van der Waals surface area contributed by atoms with Crippen LogP contribution >= 0.6 is 0 Å². The van der Waals surface area contributed by atoms with E-state index in [-0.39, 0.29) is 6.10 Å². The number of aliphatic hydroxyl groups excluding tert-OH is 1. The number of fused-ring (bicyclic) bond motifs is 5. The largest absolute Gasteiger partial charge is 0.389 e. The van der Waals surface area contributed by atoms with E-state index >= 15 is 0 Å². The molecule has 8 atom stereocenters. The maximum Gasteiger partial charge on any atom is 0.0758 e. The predicted molar refractivity (Wildman–Crippen MR) is 96.0 cm³/mol. The van der Waals surface area contributed by atoms with E-state index in [1.165, 1.54) is 50.5 Å². The maximum absolute atomic E-state index is 10.6. The zero-order valence-corrected chi connectivity index (χ0v) is 15.6. The summed E-state index contributed by atoms with van der Waals surface area (Å²) in [5.74, 6) is 4.45. The molecule has 0 heterocycles. The van der Waals surface area contributed by atoms with Crippen molar-refractivity contribution in [3.05, 3.63) is 11.6 Å². The van der Waals surface area contributed by atoms with Gasteiger partial charge in [0, 0.05) is 0 Å². The second-order valence-corrected chi connectivity index (χ2v) is 9.99. The third-order valence-corrected chi connectivity index (χ3v) is 9.12. The van der Waals surface area contributed by atoms with Crippen LogP contribution in [0.5, 0.6) is 0 Å². The summed E-state index contributed by atoms with van der Waals surface area (Å²) in [4.78, 5) is 0. The molecule has 0 aliphatic heterocycles. The van der Waals surface area contributed by atoms with Crippen molar-refractivity contribution < 1.29 is 5.11 Å². The topological polar surface area (TPSA) is 20.2 Å². The molecule has 6 unspecified atom stereocenters. The zero-order chi connectivity index (χ0) is 16.4. The minimum Gasteiger partial charge on any atom is -0.389 e. The highest BCUT2D eigenvalue weighted by atomic mass is 16.3. The van der Waals surface area contributed by atoms with Crippen LogP contribution in [0.3, 0.4) is 0 Å². The summed E-state index contributed by atoms with van der Waals surface area (Å²) < 4.78 is 0. The van der Waals surface area contributed by atoms with Crippen molar-refractivity contribution in [3.63, 3.8) is 0 Å². The Hall–Kier alpha value is -0.300. The number of hydrogen-bond acceptors (Lipinski definition) is 1. The molecule has 0 saturated heterocycles. The predicted octanol–water partition coefficient (Wildman–Crippen LogP) is 5.58. The monoisotopic (exact) mass is 316 g/mol. The Bertz CT molecular complexity index is 508. The Balaban J connectivity index is 1.65. The molecule has 23 heavy (non-hydrogen) atoms. The first-order chi connectivity index (χ1) is 10.9. The van der Waals surface area contributed by atoms with Crippen LogP contribution in [0.15, 0.2) is 11.6 Å². The molecule has 4 fully saturated rings. The van der Waals surface area contributed by atoms with Crippen molar-refractivity contribution in [1.29, 1.82) is 0 Å². The highest BCUT2D eigenvalue weighted by Gasteiger charge is 2.60. The Labute approximate surface area is 142 Å². The summed E-state index contributed by atoms with van der Waals surface area (Å²) in [5.41, 5.74) is 2.26. The normalized spacial score (nSPS) is 57.7. The van der Waals surface area contributed by atoms with Gasteiger partial charge in [-0.1, -0.05) is 33.3 Å². The molecule has 4 aliphatic carbocycles. The first kappa shape index (κ1) is 16.2. The van der Waals surface area contributed by atoms with Crippen molar-refractivity contribution in [2.24, 2.45) is 40.4 Å². The molecule has 1 nitrogen and oxygen atoms in total. The number of hydrogen-bond donors (Lipinski definition) is 1. The van der Waals surface area contributed by atoms with Gasteiger partial charge >= 0.3 is 0 Å². The Kier molecular flexibility index (Phi) is 3.76. The van der Waals surface area contributed by atoms with Crippen molar-refractivity contribution >= 4 is 0 Å². The van der Waals surface area contributed by atoms with Crippen LogP contribution in [0.25, 0.3) is 0 Å². The minimum absolute atomic E-state index is 0.161. The molecule has 4 aliphatic rings. The van der Waals surface area contributed by atoms with E-state index < -0.39 is 0 Å². The molecule has 0 spiro atoms. The fourth-order valence-electron chi connectivity index (χ4n) is 7.86.